The predicted molar refractivity (Wildman–Crippen MR) is 168 cm³/mol. The molecule has 3 aliphatic rings. The fourth-order valence-electron chi connectivity index (χ4n) is 7.62. The van der Waals surface area contributed by atoms with Crippen molar-refractivity contribution >= 4 is 35.2 Å². The molecule has 2 bridgehead atoms. The van der Waals surface area contributed by atoms with Gasteiger partial charge in [0.05, 0.1) is 23.2 Å². The molecule has 1 N–H and O–H groups in total. The minimum absolute atomic E-state index is 0.0424. The summed E-state index contributed by atoms with van der Waals surface area (Å²) in [6.45, 7) is 14.7. The summed E-state index contributed by atoms with van der Waals surface area (Å²) in [7, 11) is 0. The maximum Gasteiger partial charge on any atom is 0.251 e. The number of fused-ring (bicyclic) bond motifs is 1. The zero-order chi connectivity index (χ0) is 30.2. The van der Waals surface area contributed by atoms with Crippen LogP contribution in [0.3, 0.4) is 0 Å². The third-order valence-electron chi connectivity index (χ3n) is 9.28. The number of β-amino-alcohol motifs (C(OH)–C–C–N with tert-alkyl or cyclic N) is 1. The Balaban J connectivity index is 1.57. The molecule has 2 aromatic rings. The Morgan fingerprint density at radius 1 is 1.02 bits per heavy atom. The molecule has 222 valence electrons. The topological polar surface area (TPSA) is 81.2 Å². The van der Waals surface area contributed by atoms with Crippen molar-refractivity contribution < 1.29 is 19.5 Å². The number of carbonyl (C=O) groups excluding carboxylic acids is 3. The van der Waals surface area contributed by atoms with Crippen LogP contribution in [0.1, 0.15) is 36.5 Å². The summed E-state index contributed by atoms with van der Waals surface area (Å²) < 4.78 is -1.25. The molecule has 0 radical (unpaired) electrons. The second-order valence-electron chi connectivity index (χ2n) is 12.0. The zero-order valence-electron chi connectivity index (χ0n) is 24.8. The van der Waals surface area contributed by atoms with E-state index >= 15 is 0 Å². The summed E-state index contributed by atoms with van der Waals surface area (Å²) in [6.07, 6.45) is 4.81. The van der Waals surface area contributed by atoms with Gasteiger partial charge in [-0.3, -0.25) is 14.4 Å². The molecule has 0 aromatic heterocycles. The van der Waals surface area contributed by atoms with Gasteiger partial charge in [-0.15, -0.1) is 24.9 Å². The highest BCUT2D eigenvalue weighted by Crippen LogP contribution is 2.71. The first-order valence-corrected chi connectivity index (χ1v) is 15.5. The van der Waals surface area contributed by atoms with Gasteiger partial charge >= 0.3 is 0 Å². The van der Waals surface area contributed by atoms with E-state index in [1.54, 1.807) is 38.6 Å². The van der Waals surface area contributed by atoms with E-state index in [0.717, 1.165) is 28.8 Å². The zero-order valence-corrected chi connectivity index (χ0v) is 25.6. The molecule has 2 unspecified atom stereocenters. The molecule has 5 atom stereocenters. The number of para-hydroxylation sites is 1. The van der Waals surface area contributed by atoms with Crippen LogP contribution in [-0.2, 0) is 20.9 Å². The fraction of sp³-hybridized carbons (Fsp3) is 0.441. The van der Waals surface area contributed by atoms with Gasteiger partial charge in [-0.05, 0) is 50.3 Å². The summed E-state index contributed by atoms with van der Waals surface area (Å²) in [5.74, 6) is -1.72. The highest BCUT2D eigenvalue weighted by atomic mass is 32.2. The number of nitrogens with zero attached hydrogens (tertiary/aromatic N) is 3. The summed E-state index contributed by atoms with van der Waals surface area (Å²) >= 11 is 1.65. The van der Waals surface area contributed by atoms with E-state index in [1.165, 1.54) is 0 Å². The van der Waals surface area contributed by atoms with Crippen molar-refractivity contribution in [3.8, 4) is 0 Å². The molecule has 0 aliphatic carbocycles. The van der Waals surface area contributed by atoms with Crippen LogP contribution >= 0.6 is 11.8 Å². The number of aryl methyl sites for hydroxylation is 2. The third kappa shape index (κ3) is 4.78. The molecule has 2 aromatic carbocycles. The first kappa shape index (κ1) is 30.1. The minimum Gasteiger partial charge on any atom is -0.395 e. The predicted octanol–water partition coefficient (Wildman–Crippen LogP) is 4.51. The van der Waals surface area contributed by atoms with E-state index in [0.29, 0.717) is 19.5 Å². The van der Waals surface area contributed by atoms with Crippen molar-refractivity contribution in [1.82, 2.24) is 9.80 Å². The van der Waals surface area contributed by atoms with Crippen molar-refractivity contribution in [2.24, 2.45) is 11.8 Å². The van der Waals surface area contributed by atoms with E-state index in [9.17, 15) is 19.5 Å². The number of anilines is 1. The Labute approximate surface area is 253 Å². The van der Waals surface area contributed by atoms with Crippen molar-refractivity contribution in [3.05, 3.63) is 90.5 Å². The summed E-state index contributed by atoms with van der Waals surface area (Å²) in [5.41, 5.74) is 3.74. The maximum atomic E-state index is 14.7. The van der Waals surface area contributed by atoms with Crippen molar-refractivity contribution in [3.63, 3.8) is 0 Å². The van der Waals surface area contributed by atoms with Gasteiger partial charge in [0, 0.05) is 36.6 Å². The molecule has 5 rings (SSSR count). The normalized spacial score (nSPS) is 27.6. The summed E-state index contributed by atoms with van der Waals surface area (Å²) in [5, 5.41) is 10.0. The number of aliphatic hydroxyl groups excluding tert-OH is 1. The van der Waals surface area contributed by atoms with E-state index in [-0.39, 0.29) is 37.4 Å². The molecular formula is C34H41N3O4S. The van der Waals surface area contributed by atoms with Gasteiger partial charge in [-0.2, -0.15) is 0 Å². The van der Waals surface area contributed by atoms with Crippen molar-refractivity contribution in [2.75, 3.05) is 31.1 Å². The second kappa shape index (κ2) is 11.7. The van der Waals surface area contributed by atoms with Gasteiger partial charge in [-0.25, -0.2) is 0 Å². The average Bonchev–Trinajstić information content (AvgIpc) is 3.53. The number of hydrogen-bond donors (Lipinski definition) is 1. The number of thioether (sulfide) groups is 1. The van der Waals surface area contributed by atoms with Gasteiger partial charge in [0.25, 0.3) is 5.91 Å². The van der Waals surface area contributed by atoms with Gasteiger partial charge in [0.15, 0.2) is 0 Å². The lowest BCUT2D eigenvalue weighted by Crippen LogP contribution is -2.55. The van der Waals surface area contributed by atoms with Crippen LogP contribution in [0.15, 0.2) is 73.8 Å². The largest absolute Gasteiger partial charge is 0.395 e. The van der Waals surface area contributed by atoms with Crippen LogP contribution < -0.4 is 4.90 Å². The Morgan fingerprint density at radius 3 is 2.31 bits per heavy atom. The van der Waals surface area contributed by atoms with Gasteiger partial charge < -0.3 is 19.8 Å². The van der Waals surface area contributed by atoms with Crippen LogP contribution in [0.25, 0.3) is 0 Å². The number of carbonyl (C=O) groups is 3. The van der Waals surface area contributed by atoms with E-state index in [2.05, 4.69) is 20.1 Å². The number of hydrogen-bond acceptors (Lipinski definition) is 5. The number of benzene rings is 2. The summed E-state index contributed by atoms with van der Waals surface area (Å²) in [4.78, 5) is 48.6. The van der Waals surface area contributed by atoms with Crippen LogP contribution in [0.5, 0.6) is 0 Å². The molecule has 8 heteroatoms. The number of aliphatic hydroxyl groups is 1. The minimum atomic E-state index is -0.798. The standard InChI is InChI=1S/C34H41N3O4S/c1-6-18-35(22-25-14-9-8-10-15-25)30(39)26-27-31(40)37(20-21-38)29(34(27)17-16-33(26,5)42-34)32(41)36(19-7-2)28-23(3)12-11-13-24(28)4/h6-15,26-27,29,38H,1-2,16-22H2,3-5H3/t26-,27-,29?,33+,34?/m0/s1. The van der Waals surface area contributed by atoms with Gasteiger partial charge in [0.2, 0.25) is 11.8 Å². The molecule has 3 saturated heterocycles. The highest BCUT2D eigenvalue weighted by Gasteiger charge is 2.77. The monoisotopic (exact) mass is 587 g/mol. The Kier molecular flexibility index (Phi) is 8.41. The third-order valence-corrected chi connectivity index (χ3v) is 11.3. The molecule has 7 nitrogen and oxygen atoms in total. The number of rotatable bonds is 11. The van der Waals surface area contributed by atoms with Crippen molar-refractivity contribution in [2.45, 2.75) is 55.7 Å². The second-order valence-corrected chi connectivity index (χ2v) is 13.9. The smallest absolute Gasteiger partial charge is 0.251 e. The van der Waals surface area contributed by atoms with Crippen molar-refractivity contribution in [1.29, 1.82) is 0 Å². The van der Waals surface area contributed by atoms with E-state index in [1.807, 2.05) is 62.4 Å². The average molecular weight is 588 g/mol. The Morgan fingerprint density at radius 2 is 1.69 bits per heavy atom. The van der Waals surface area contributed by atoms with Crippen LogP contribution in [0.4, 0.5) is 5.69 Å². The Hall–Kier alpha value is -3.36. The van der Waals surface area contributed by atoms with Crippen LogP contribution in [0, 0.1) is 25.7 Å². The maximum absolute atomic E-state index is 14.7. The highest BCUT2D eigenvalue weighted by molar-refractivity contribution is 8.02. The lowest BCUT2D eigenvalue weighted by Gasteiger charge is -2.38. The molecule has 3 aliphatic heterocycles. The van der Waals surface area contributed by atoms with Gasteiger partial charge in [0.1, 0.15) is 6.04 Å². The van der Waals surface area contributed by atoms with E-state index in [4.69, 9.17) is 0 Å². The molecule has 3 amide bonds. The Bertz CT molecular complexity index is 1380. The molecule has 42 heavy (non-hydrogen) atoms. The molecular weight excluding hydrogens is 546 g/mol. The molecule has 3 fully saturated rings. The first-order valence-electron chi connectivity index (χ1n) is 14.7. The molecule has 1 spiro atoms. The number of likely N-dealkylation sites (tertiary alicyclic amines) is 1. The molecule has 0 saturated carbocycles. The quantitative estimate of drug-likeness (QED) is 0.392. The molecule has 3 heterocycles. The first-order chi connectivity index (χ1) is 20.1. The fourth-order valence-corrected chi connectivity index (χ4v) is 9.96. The van der Waals surface area contributed by atoms with E-state index < -0.39 is 27.4 Å². The lowest BCUT2D eigenvalue weighted by molar-refractivity contribution is -0.145. The van der Waals surface area contributed by atoms with Gasteiger partial charge in [-0.1, -0.05) is 60.7 Å². The van der Waals surface area contributed by atoms with Crippen LogP contribution in [-0.4, -0.2) is 74.4 Å². The number of amides is 3. The SMILES string of the molecule is C=CCN(Cc1ccccc1)C(=O)[C@@H]1[C@H]2C(=O)N(CCO)C(C(=O)N(CC=C)c3c(C)cccc3C)C23CC[C@@]1(C)S3. The lowest BCUT2D eigenvalue weighted by atomic mass is 9.66. The van der Waals surface area contributed by atoms with Crippen LogP contribution in [0.2, 0.25) is 0 Å². The summed E-state index contributed by atoms with van der Waals surface area (Å²) in [6, 6.07) is 14.9.